The molecule has 0 saturated carbocycles. The Labute approximate surface area is 163 Å². The lowest BCUT2D eigenvalue weighted by Gasteiger charge is -2.36. The smallest absolute Gasteiger partial charge is 0.248 e. The van der Waals surface area contributed by atoms with E-state index in [1.54, 1.807) is 18.5 Å². The fourth-order valence-electron chi connectivity index (χ4n) is 2.94. The fraction of sp³-hybridized carbons (Fsp3) is 0.368. The normalized spacial score (nSPS) is 14.6. The van der Waals surface area contributed by atoms with Gasteiger partial charge in [-0.1, -0.05) is 23.2 Å². The highest BCUT2D eigenvalue weighted by atomic mass is 35.5. The van der Waals surface area contributed by atoms with Crippen molar-refractivity contribution in [3.8, 4) is 0 Å². The van der Waals surface area contributed by atoms with E-state index in [2.05, 4.69) is 9.88 Å². The van der Waals surface area contributed by atoms with Crippen molar-refractivity contribution in [1.29, 1.82) is 0 Å². The molecule has 0 bridgehead atoms. The van der Waals surface area contributed by atoms with Crippen molar-refractivity contribution in [2.24, 2.45) is 0 Å². The zero-order valence-corrected chi connectivity index (χ0v) is 16.1. The average Bonchev–Trinajstić information content (AvgIpc) is 2.63. The van der Waals surface area contributed by atoms with Gasteiger partial charge in [-0.05, 0) is 42.3 Å². The van der Waals surface area contributed by atoms with Crippen LogP contribution in [0.2, 0.25) is 10.0 Å². The Morgan fingerprint density at radius 1 is 1.19 bits per heavy atom. The Morgan fingerprint density at radius 2 is 1.96 bits per heavy atom. The van der Waals surface area contributed by atoms with Crippen molar-refractivity contribution >= 4 is 34.8 Å². The van der Waals surface area contributed by atoms with E-state index in [1.165, 1.54) is 0 Å². The molecular formula is C19H21Cl2N3O2. The molecule has 0 unspecified atom stereocenters. The molecule has 138 valence electrons. The minimum atomic E-state index is 0.0126. The molecule has 1 aromatic heterocycles. The number of hydrogen-bond donors (Lipinski definition) is 0. The maximum absolute atomic E-state index is 12.4. The highest BCUT2D eigenvalue weighted by molar-refractivity contribution is 6.36. The number of amides is 1. The number of rotatable bonds is 5. The van der Waals surface area contributed by atoms with Gasteiger partial charge in [-0.25, -0.2) is 0 Å². The van der Waals surface area contributed by atoms with E-state index in [-0.39, 0.29) is 12.5 Å². The van der Waals surface area contributed by atoms with Crippen LogP contribution in [0.1, 0.15) is 11.1 Å². The van der Waals surface area contributed by atoms with Crippen LogP contribution in [0.3, 0.4) is 0 Å². The summed E-state index contributed by atoms with van der Waals surface area (Å²) in [6.45, 7) is 5.25. The Hall–Kier alpha value is -1.82. The summed E-state index contributed by atoms with van der Waals surface area (Å²) in [5.41, 5.74) is 3.07. The number of piperazine rings is 1. The maximum Gasteiger partial charge on any atom is 0.248 e. The second kappa shape index (κ2) is 8.71. The molecule has 0 atom stereocenters. The molecule has 0 aliphatic carbocycles. The van der Waals surface area contributed by atoms with E-state index in [0.717, 1.165) is 29.9 Å². The predicted molar refractivity (Wildman–Crippen MR) is 104 cm³/mol. The average molecular weight is 394 g/mol. The van der Waals surface area contributed by atoms with Crippen LogP contribution in [-0.2, 0) is 16.1 Å². The summed E-state index contributed by atoms with van der Waals surface area (Å²) < 4.78 is 5.59. The molecule has 1 saturated heterocycles. The molecule has 26 heavy (non-hydrogen) atoms. The van der Waals surface area contributed by atoms with Crippen molar-refractivity contribution < 1.29 is 9.53 Å². The lowest BCUT2D eigenvalue weighted by atomic mass is 10.2. The summed E-state index contributed by atoms with van der Waals surface area (Å²) >= 11 is 12.2. The van der Waals surface area contributed by atoms with E-state index in [9.17, 15) is 4.79 Å². The molecule has 1 amide bonds. The van der Waals surface area contributed by atoms with Gasteiger partial charge in [0.05, 0.1) is 17.3 Å². The molecule has 5 nitrogen and oxygen atoms in total. The molecule has 1 aromatic carbocycles. The zero-order valence-electron chi connectivity index (χ0n) is 14.6. The summed E-state index contributed by atoms with van der Waals surface area (Å²) in [6, 6.07) is 7.40. The molecule has 7 heteroatoms. The van der Waals surface area contributed by atoms with Crippen LogP contribution >= 0.6 is 23.2 Å². The van der Waals surface area contributed by atoms with Gasteiger partial charge >= 0.3 is 0 Å². The number of ether oxygens (including phenoxy) is 1. The van der Waals surface area contributed by atoms with Gasteiger partial charge in [0.2, 0.25) is 5.91 Å². The Bertz CT molecular complexity index is 777. The molecular weight excluding hydrogens is 373 g/mol. The number of halogens is 2. The number of carbonyl (C=O) groups excluding carboxylic acids is 1. The number of anilines is 1. The monoisotopic (exact) mass is 393 g/mol. The van der Waals surface area contributed by atoms with Gasteiger partial charge in [-0.15, -0.1) is 0 Å². The lowest BCUT2D eigenvalue weighted by molar-refractivity contribution is -0.136. The molecule has 0 radical (unpaired) electrons. The van der Waals surface area contributed by atoms with E-state index in [4.69, 9.17) is 27.9 Å². The quantitative estimate of drug-likeness (QED) is 0.778. The van der Waals surface area contributed by atoms with Crippen molar-refractivity contribution in [3.63, 3.8) is 0 Å². The highest BCUT2D eigenvalue weighted by Gasteiger charge is 2.22. The van der Waals surface area contributed by atoms with Gasteiger partial charge in [0.1, 0.15) is 6.61 Å². The minimum absolute atomic E-state index is 0.0126. The number of aromatic nitrogens is 1. The minimum Gasteiger partial charge on any atom is -0.367 e. The molecule has 1 aliphatic heterocycles. The van der Waals surface area contributed by atoms with E-state index in [1.807, 2.05) is 30.0 Å². The molecule has 1 aliphatic rings. The fourth-order valence-corrected chi connectivity index (χ4v) is 3.47. The Morgan fingerprint density at radius 3 is 2.65 bits per heavy atom. The zero-order chi connectivity index (χ0) is 18.5. The Kier molecular flexibility index (Phi) is 6.35. The first-order chi connectivity index (χ1) is 12.5. The van der Waals surface area contributed by atoms with E-state index < -0.39 is 0 Å². The standard InChI is InChI=1S/C19H21Cl2N3O2/c1-14-11-22-5-4-15(14)12-26-13-19(25)24-8-6-23(7-9-24)18-3-2-16(20)10-17(18)21/h2-5,10-11H,6-9,12-13H2,1H3. The first-order valence-corrected chi connectivity index (χ1v) is 9.25. The van der Waals surface area contributed by atoms with Crippen LogP contribution in [0.25, 0.3) is 0 Å². The second-order valence-electron chi connectivity index (χ2n) is 6.26. The molecule has 1 fully saturated rings. The lowest BCUT2D eigenvalue weighted by Crippen LogP contribution is -2.49. The third kappa shape index (κ3) is 4.67. The third-order valence-corrected chi connectivity index (χ3v) is 5.04. The van der Waals surface area contributed by atoms with Crippen LogP contribution < -0.4 is 4.90 Å². The van der Waals surface area contributed by atoms with Crippen molar-refractivity contribution in [2.75, 3.05) is 37.7 Å². The highest BCUT2D eigenvalue weighted by Crippen LogP contribution is 2.29. The van der Waals surface area contributed by atoms with Crippen LogP contribution in [0.5, 0.6) is 0 Å². The first kappa shape index (κ1) is 19.0. The molecule has 2 aromatic rings. The van der Waals surface area contributed by atoms with Gasteiger partial charge in [0.25, 0.3) is 0 Å². The number of carbonyl (C=O) groups is 1. The van der Waals surface area contributed by atoms with Gasteiger partial charge < -0.3 is 14.5 Å². The van der Waals surface area contributed by atoms with E-state index >= 15 is 0 Å². The van der Waals surface area contributed by atoms with Crippen molar-refractivity contribution in [2.45, 2.75) is 13.5 Å². The SMILES string of the molecule is Cc1cnccc1COCC(=O)N1CCN(c2ccc(Cl)cc2Cl)CC1. The molecule has 2 heterocycles. The van der Waals surface area contributed by atoms with E-state index in [0.29, 0.717) is 29.7 Å². The Balaban J connectivity index is 1.47. The first-order valence-electron chi connectivity index (χ1n) is 8.49. The number of pyridine rings is 1. The van der Waals surface area contributed by atoms with Gasteiger partial charge in [0.15, 0.2) is 0 Å². The summed E-state index contributed by atoms with van der Waals surface area (Å²) in [4.78, 5) is 20.4. The second-order valence-corrected chi connectivity index (χ2v) is 7.10. The van der Waals surface area contributed by atoms with Crippen molar-refractivity contribution in [1.82, 2.24) is 9.88 Å². The summed E-state index contributed by atoms with van der Waals surface area (Å²) in [6.07, 6.45) is 3.52. The summed E-state index contributed by atoms with van der Waals surface area (Å²) in [7, 11) is 0. The summed E-state index contributed by atoms with van der Waals surface area (Å²) in [5, 5.41) is 1.25. The third-order valence-electron chi connectivity index (χ3n) is 4.50. The topological polar surface area (TPSA) is 45.7 Å². The molecule has 0 spiro atoms. The van der Waals surface area contributed by atoms with Crippen LogP contribution in [-0.4, -0.2) is 48.6 Å². The number of benzene rings is 1. The van der Waals surface area contributed by atoms with Crippen LogP contribution in [0.15, 0.2) is 36.7 Å². The molecule has 3 rings (SSSR count). The molecule has 0 N–H and O–H groups in total. The van der Waals surface area contributed by atoms with Crippen LogP contribution in [0, 0.1) is 6.92 Å². The van der Waals surface area contributed by atoms with Crippen molar-refractivity contribution in [3.05, 3.63) is 57.8 Å². The number of aryl methyl sites for hydroxylation is 1. The van der Waals surface area contributed by atoms with Crippen LogP contribution in [0.4, 0.5) is 5.69 Å². The largest absolute Gasteiger partial charge is 0.367 e. The number of nitrogens with zero attached hydrogens (tertiary/aromatic N) is 3. The maximum atomic E-state index is 12.4. The predicted octanol–water partition coefficient (Wildman–Crippen LogP) is 3.56. The van der Waals surface area contributed by atoms with Gasteiger partial charge in [-0.2, -0.15) is 0 Å². The number of hydrogen-bond acceptors (Lipinski definition) is 4. The van der Waals surface area contributed by atoms with Gasteiger partial charge in [-0.3, -0.25) is 9.78 Å². The summed E-state index contributed by atoms with van der Waals surface area (Å²) in [5.74, 6) is 0.0126. The van der Waals surface area contributed by atoms with Gasteiger partial charge in [0, 0.05) is 43.6 Å².